The first-order valence-corrected chi connectivity index (χ1v) is 16.6. The molecule has 1 atom stereocenters. The van der Waals surface area contributed by atoms with Crippen LogP contribution in [0.25, 0.3) is 38.8 Å². The van der Waals surface area contributed by atoms with E-state index in [2.05, 4.69) is 150 Å². The SMILES string of the molecule is Cc1cc(-c2cccc(-n3c4ccccc4c4ccc([C@]5(c6ccccn6)C6=CCCC=C6C(C)(C)c6ccccc65)cc43)c2)n[nH]1. The van der Waals surface area contributed by atoms with Crippen LogP contribution in [0.5, 0.6) is 0 Å². The maximum atomic E-state index is 5.15. The van der Waals surface area contributed by atoms with Crippen molar-refractivity contribution in [3.8, 4) is 16.9 Å². The molecule has 4 aromatic carbocycles. The van der Waals surface area contributed by atoms with E-state index < -0.39 is 5.41 Å². The van der Waals surface area contributed by atoms with E-state index in [1.807, 2.05) is 19.2 Å². The van der Waals surface area contributed by atoms with Crippen LogP contribution in [-0.2, 0) is 10.8 Å². The van der Waals surface area contributed by atoms with Gasteiger partial charge < -0.3 is 4.57 Å². The molecule has 0 unspecified atom stereocenters. The monoisotopic (exact) mass is 608 g/mol. The van der Waals surface area contributed by atoms with Crippen LogP contribution < -0.4 is 0 Å². The van der Waals surface area contributed by atoms with Crippen molar-refractivity contribution in [2.75, 3.05) is 0 Å². The Hall–Kier alpha value is -5.48. The Kier molecular flexibility index (Phi) is 6.07. The van der Waals surface area contributed by atoms with Gasteiger partial charge >= 0.3 is 0 Å². The van der Waals surface area contributed by atoms with Gasteiger partial charge in [-0.25, -0.2) is 0 Å². The Balaban J connectivity index is 1.39. The molecule has 3 aromatic heterocycles. The molecule has 3 heterocycles. The van der Waals surface area contributed by atoms with E-state index >= 15 is 0 Å². The highest BCUT2D eigenvalue weighted by Gasteiger charge is 2.52. The van der Waals surface area contributed by atoms with Crippen molar-refractivity contribution in [3.05, 3.63) is 173 Å². The summed E-state index contributed by atoms with van der Waals surface area (Å²) in [7, 11) is 0. The van der Waals surface area contributed by atoms with Crippen LogP contribution in [0.4, 0.5) is 0 Å². The van der Waals surface area contributed by atoms with Crippen molar-refractivity contribution < 1.29 is 0 Å². The first-order chi connectivity index (χ1) is 23.0. The predicted octanol–water partition coefficient (Wildman–Crippen LogP) is 10.1. The predicted molar refractivity (Wildman–Crippen MR) is 192 cm³/mol. The van der Waals surface area contributed by atoms with Gasteiger partial charge in [-0.1, -0.05) is 98.8 Å². The molecule has 228 valence electrons. The summed E-state index contributed by atoms with van der Waals surface area (Å²) < 4.78 is 2.42. The van der Waals surface area contributed by atoms with Gasteiger partial charge in [-0.3, -0.25) is 10.1 Å². The Morgan fingerprint density at radius 2 is 1.45 bits per heavy atom. The molecule has 0 spiro atoms. The van der Waals surface area contributed by atoms with E-state index in [1.165, 1.54) is 49.6 Å². The number of aromatic nitrogens is 4. The third-order valence-electron chi connectivity index (χ3n) is 10.5. The minimum atomic E-state index is -0.566. The lowest BCUT2D eigenvalue weighted by molar-refractivity contribution is 0.529. The van der Waals surface area contributed by atoms with E-state index in [0.29, 0.717) is 0 Å². The molecule has 2 aliphatic carbocycles. The number of para-hydroxylation sites is 1. The van der Waals surface area contributed by atoms with Crippen molar-refractivity contribution in [2.45, 2.75) is 44.4 Å². The molecule has 47 heavy (non-hydrogen) atoms. The Morgan fingerprint density at radius 3 is 2.26 bits per heavy atom. The van der Waals surface area contributed by atoms with Crippen molar-refractivity contribution in [1.29, 1.82) is 0 Å². The van der Waals surface area contributed by atoms with E-state index in [0.717, 1.165) is 41.2 Å². The summed E-state index contributed by atoms with van der Waals surface area (Å²) >= 11 is 0. The van der Waals surface area contributed by atoms with Crippen LogP contribution in [0.2, 0.25) is 0 Å². The number of rotatable bonds is 4. The number of aryl methyl sites for hydroxylation is 1. The molecule has 0 amide bonds. The van der Waals surface area contributed by atoms with Crippen LogP contribution in [0.3, 0.4) is 0 Å². The molecule has 0 radical (unpaired) electrons. The molecule has 9 rings (SSSR count). The van der Waals surface area contributed by atoms with Crippen LogP contribution in [0, 0.1) is 6.92 Å². The molecule has 0 aliphatic heterocycles. The summed E-state index contributed by atoms with van der Waals surface area (Å²) in [4.78, 5) is 5.15. The highest BCUT2D eigenvalue weighted by molar-refractivity contribution is 6.09. The number of pyridine rings is 1. The van der Waals surface area contributed by atoms with Gasteiger partial charge in [0.15, 0.2) is 0 Å². The van der Waals surface area contributed by atoms with Crippen LogP contribution in [-0.4, -0.2) is 19.7 Å². The zero-order chi connectivity index (χ0) is 31.8. The average Bonchev–Trinajstić information content (AvgIpc) is 3.70. The smallest absolute Gasteiger partial charge is 0.0924 e. The van der Waals surface area contributed by atoms with Crippen molar-refractivity contribution in [3.63, 3.8) is 0 Å². The molecule has 0 fully saturated rings. The van der Waals surface area contributed by atoms with Gasteiger partial charge in [-0.2, -0.15) is 5.10 Å². The van der Waals surface area contributed by atoms with Gasteiger partial charge in [0.2, 0.25) is 0 Å². The molecule has 0 saturated heterocycles. The summed E-state index contributed by atoms with van der Waals surface area (Å²) in [5.41, 5.74) is 13.6. The molecule has 4 heteroatoms. The standard InChI is InChI=1S/C43H36N4/c1-28-25-38(46-45-28)29-13-12-14-31(26-29)47-39-20-9-4-15-32(39)33-23-22-30(27-40(33)47)43(41-21-10-11-24-44-41)36-18-7-5-16-34(36)42(2,3)35-17-6-8-19-37(35)43/h4-5,7,9-27H,6,8H2,1-3H3,(H,45,46)/t43-/m1/s1. The first kappa shape index (κ1) is 27.8. The van der Waals surface area contributed by atoms with Crippen molar-refractivity contribution in [2.24, 2.45) is 0 Å². The van der Waals surface area contributed by atoms with E-state index in [4.69, 9.17) is 4.98 Å². The number of nitrogens with one attached hydrogen (secondary N) is 1. The number of benzene rings is 4. The molecular weight excluding hydrogens is 573 g/mol. The lowest BCUT2D eigenvalue weighted by Gasteiger charge is -2.50. The topological polar surface area (TPSA) is 46.5 Å². The van der Waals surface area contributed by atoms with Gasteiger partial charge in [-0.15, -0.1) is 0 Å². The summed E-state index contributed by atoms with van der Waals surface area (Å²) in [5.74, 6) is 0. The summed E-state index contributed by atoms with van der Waals surface area (Å²) in [6, 6.07) is 42.2. The number of allylic oxidation sites excluding steroid dienone is 4. The van der Waals surface area contributed by atoms with E-state index in [9.17, 15) is 0 Å². The highest BCUT2D eigenvalue weighted by Crippen LogP contribution is 2.59. The largest absolute Gasteiger partial charge is 0.309 e. The van der Waals surface area contributed by atoms with Crippen LogP contribution in [0.15, 0.2) is 145 Å². The maximum Gasteiger partial charge on any atom is 0.0924 e. The van der Waals surface area contributed by atoms with Crippen LogP contribution >= 0.6 is 0 Å². The normalized spacial score (nSPS) is 18.4. The summed E-state index contributed by atoms with van der Waals surface area (Å²) in [6.07, 6.45) is 9.01. The second-order valence-corrected chi connectivity index (χ2v) is 13.5. The Labute approximate surface area is 275 Å². The summed E-state index contributed by atoms with van der Waals surface area (Å²) in [6.45, 7) is 6.81. The molecular formula is C43H36N4. The van der Waals surface area contributed by atoms with Crippen molar-refractivity contribution >= 4 is 21.8 Å². The van der Waals surface area contributed by atoms with E-state index in [1.54, 1.807) is 0 Å². The summed E-state index contributed by atoms with van der Waals surface area (Å²) in [5, 5.41) is 10.2. The third kappa shape index (κ3) is 3.94. The zero-order valence-corrected chi connectivity index (χ0v) is 27.0. The van der Waals surface area contributed by atoms with Gasteiger partial charge in [0.05, 0.1) is 27.8 Å². The van der Waals surface area contributed by atoms with E-state index in [-0.39, 0.29) is 5.41 Å². The van der Waals surface area contributed by atoms with Gasteiger partial charge in [0.25, 0.3) is 0 Å². The molecule has 1 N–H and O–H groups in total. The highest BCUT2D eigenvalue weighted by atomic mass is 15.1. The average molecular weight is 609 g/mol. The van der Waals surface area contributed by atoms with Crippen LogP contribution in [0.1, 0.15) is 54.8 Å². The first-order valence-electron chi connectivity index (χ1n) is 16.6. The second kappa shape index (κ2) is 10.3. The molecule has 2 aliphatic rings. The number of aromatic amines is 1. The maximum absolute atomic E-state index is 5.15. The third-order valence-corrected chi connectivity index (χ3v) is 10.5. The second-order valence-electron chi connectivity index (χ2n) is 13.5. The minimum absolute atomic E-state index is 0.120. The Bertz CT molecular complexity index is 2400. The molecule has 0 saturated carbocycles. The number of H-pyrrole nitrogens is 1. The Morgan fingerprint density at radius 1 is 0.681 bits per heavy atom. The van der Waals surface area contributed by atoms with Gasteiger partial charge in [0, 0.05) is 39.3 Å². The lowest BCUT2D eigenvalue weighted by Crippen LogP contribution is -2.44. The number of nitrogens with zero attached hydrogens (tertiary/aromatic N) is 3. The quantitative estimate of drug-likeness (QED) is 0.216. The molecule has 7 aromatic rings. The lowest BCUT2D eigenvalue weighted by atomic mass is 9.52. The zero-order valence-electron chi connectivity index (χ0n) is 27.0. The number of hydrogen-bond acceptors (Lipinski definition) is 2. The van der Waals surface area contributed by atoms with Gasteiger partial charge in [-0.05, 0) is 90.1 Å². The fraction of sp³-hybridized carbons (Fsp3) is 0.163. The molecule has 4 nitrogen and oxygen atoms in total. The number of fused-ring (bicyclic) bond motifs is 5. The molecule has 0 bridgehead atoms. The van der Waals surface area contributed by atoms with Crippen molar-refractivity contribution in [1.82, 2.24) is 19.7 Å². The fourth-order valence-corrected chi connectivity index (χ4v) is 8.44. The fourth-order valence-electron chi connectivity index (χ4n) is 8.44. The minimum Gasteiger partial charge on any atom is -0.309 e. The van der Waals surface area contributed by atoms with Gasteiger partial charge in [0.1, 0.15) is 0 Å². The number of hydrogen-bond donors (Lipinski definition) is 1.